The van der Waals surface area contributed by atoms with Gasteiger partial charge in [-0.05, 0) is 24.3 Å². The van der Waals surface area contributed by atoms with Crippen LogP contribution in [0.1, 0.15) is 10.4 Å². The van der Waals surface area contributed by atoms with Gasteiger partial charge in [0, 0.05) is 4.90 Å². The summed E-state index contributed by atoms with van der Waals surface area (Å²) >= 11 is 7.03. The van der Waals surface area contributed by atoms with E-state index >= 15 is 0 Å². The molecule has 0 radical (unpaired) electrons. The van der Waals surface area contributed by atoms with Crippen LogP contribution >= 0.6 is 23.4 Å². The maximum atomic E-state index is 13.6. The summed E-state index contributed by atoms with van der Waals surface area (Å²) in [5.41, 5.74) is 0.0784. The average molecular weight is 379 g/mol. The molecule has 0 atom stereocenters. The van der Waals surface area contributed by atoms with E-state index in [4.69, 9.17) is 21.6 Å². The number of amides is 1. The first-order valence-electron chi connectivity index (χ1n) is 7.02. The van der Waals surface area contributed by atoms with E-state index in [9.17, 15) is 14.0 Å². The molecule has 0 aliphatic heterocycles. The third kappa shape index (κ3) is 5.21. The van der Waals surface area contributed by atoms with E-state index in [0.29, 0.717) is 10.6 Å². The number of esters is 1. The highest BCUT2D eigenvalue weighted by Crippen LogP contribution is 2.26. The van der Waals surface area contributed by atoms with Crippen molar-refractivity contribution in [2.24, 2.45) is 0 Å². The second-order valence-electron chi connectivity index (χ2n) is 4.66. The van der Waals surface area contributed by atoms with Crippen molar-refractivity contribution in [2.45, 2.75) is 4.90 Å². The summed E-state index contributed by atoms with van der Waals surface area (Å²) < 4.78 is 18.4. The third-order valence-electron chi connectivity index (χ3n) is 2.95. The standard InChI is InChI=1S/C17H12ClFN2O3S/c18-11-4-3-5-12(19)16(11)17(23)24-10-15(22)21-13-6-1-2-7-14(13)25-9-8-20/h1-7H,9-10H2,(H,21,22). The minimum atomic E-state index is -1.02. The lowest BCUT2D eigenvalue weighted by Gasteiger charge is -2.10. The topological polar surface area (TPSA) is 79.2 Å². The fraction of sp³-hybridized carbons (Fsp3) is 0.118. The lowest BCUT2D eigenvalue weighted by molar-refractivity contribution is -0.119. The van der Waals surface area contributed by atoms with Gasteiger partial charge in [-0.15, -0.1) is 11.8 Å². The number of para-hydroxylation sites is 1. The second kappa shape index (κ2) is 9.06. The Balaban J connectivity index is 1.98. The molecule has 2 rings (SSSR count). The van der Waals surface area contributed by atoms with Crippen molar-refractivity contribution in [3.8, 4) is 6.07 Å². The first-order chi connectivity index (χ1) is 12.0. The molecule has 0 saturated heterocycles. The summed E-state index contributed by atoms with van der Waals surface area (Å²) in [5.74, 6) is -2.21. The summed E-state index contributed by atoms with van der Waals surface area (Å²) in [5, 5.41) is 11.1. The fourth-order valence-corrected chi connectivity index (χ4v) is 2.80. The Morgan fingerprint density at radius 3 is 2.72 bits per heavy atom. The number of nitriles is 1. The molecule has 128 valence electrons. The van der Waals surface area contributed by atoms with Gasteiger partial charge < -0.3 is 10.1 Å². The molecule has 0 saturated carbocycles. The van der Waals surface area contributed by atoms with Crippen molar-refractivity contribution in [1.29, 1.82) is 5.26 Å². The Kier molecular flexibility index (Phi) is 6.81. The molecule has 2 aromatic carbocycles. The molecular formula is C17H12ClFN2O3S. The van der Waals surface area contributed by atoms with Crippen molar-refractivity contribution in [2.75, 3.05) is 17.7 Å². The highest BCUT2D eigenvalue weighted by molar-refractivity contribution is 7.99. The van der Waals surface area contributed by atoms with Crippen molar-refractivity contribution in [3.63, 3.8) is 0 Å². The van der Waals surface area contributed by atoms with Crippen LogP contribution in [0.5, 0.6) is 0 Å². The van der Waals surface area contributed by atoms with E-state index < -0.39 is 29.9 Å². The van der Waals surface area contributed by atoms with Gasteiger partial charge in [0.15, 0.2) is 6.61 Å². The number of carbonyl (C=O) groups is 2. The van der Waals surface area contributed by atoms with Gasteiger partial charge in [0.05, 0.1) is 22.5 Å². The van der Waals surface area contributed by atoms with Crippen LogP contribution < -0.4 is 5.32 Å². The maximum Gasteiger partial charge on any atom is 0.343 e. The minimum Gasteiger partial charge on any atom is -0.452 e. The van der Waals surface area contributed by atoms with Gasteiger partial charge in [-0.2, -0.15) is 5.26 Å². The van der Waals surface area contributed by atoms with Crippen molar-refractivity contribution in [3.05, 3.63) is 58.9 Å². The number of halogens is 2. The molecule has 0 aromatic heterocycles. The van der Waals surface area contributed by atoms with E-state index in [1.807, 2.05) is 6.07 Å². The first kappa shape index (κ1) is 18.8. The number of nitrogens with zero attached hydrogens (tertiary/aromatic N) is 1. The van der Waals surface area contributed by atoms with Gasteiger partial charge >= 0.3 is 5.97 Å². The Morgan fingerprint density at radius 1 is 1.24 bits per heavy atom. The smallest absolute Gasteiger partial charge is 0.343 e. The van der Waals surface area contributed by atoms with Gasteiger partial charge in [0.2, 0.25) is 0 Å². The average Bonchev–Trinajstić information content (AvgIpc) is 2.59. The number of benzene rings is 2. The number of anilines is 1. The van der Waals surface area contributed by atoms with Gasteiger partial charge in [0.25, 0.3) is 5.91 Å². The second-order valence-corrected chi connectivity index (χ2v) is 6.09. The molecule has 0 aliphatic rings. The highest BCUT2D eigenvalue weighted by atomic mass is 35.5. The van der Waals surface area contributed by atoms with Crippen LogP contribution in [0.4, 0.5) is 10.1 Å². The van der Waals surface area contributed by atoms with E-state index in [0.717, 1.165) is 6.07 Å². The van der Waals surface area contributed by atoms with Crippen molar-refractivity contribution >= 4 is 40.9 Å². The molecular weight excluding hydrogens is 367 g/mol. The van der Waals surface area contributed by atoms with Gasteiger partial charge in [0.1, 0.15) is 11.4 Å². The zero-order valence-electron chi connectivity index (χ0n) is 12.8. The molecule has 25 heavy (non-hydrogen) atoms. The Bertz CT molecular complexity index is 819. The van der Waals surface area contributed by atoms with E-state index in [1.54, 1.807) is 24.3 Å². The number of rotatable bonds is 6. The summed E-state index contributed by atoms with van der Waals surface area (Å²) in [6.45, 7) is -0.596. The summed E-state index contributed by atoms with van der Waals surface area (Å²) in [7, 11) is 0. The fourth-order valence-electron chi connectivity index (χ4n) is 1.89. The van der Waals surface area contributed by atoms with E-state index in [-0.39, 0.29) is 10.8 Å². The molecule has 1 amide bonds. The van der Waals surface area contributed by atoms with Gasteiger partial charge in [-0.1, -0.05) is 29.8 Å². The van der Waals surface area contributed by atoms with Crippen LogP contribution in [-0.2, 0) is 9.53 Å². The molecule has 0 heterocycles. The molecule has 0 spiro atoms. The minimum absolute atomic E-state index is 0.0938. The third-order valence-corrected chi connectivity index (χ3v) is 4.21. The Morgan fingerprint density at radius 2 is 2.00 bits per heavy atom. The van der Waals surface area contributed by atoms with Crippen LogP contribution in [0.3, 0.4) is 0 Å². The largest absolute Gasteiger partial charge is 0.452 e. The quantitative estimate of drug-likeness (QED) is 0.609. The monoisotopic (exact) mass is 378 g/mol. The number of hydrogen-bond donors (Lipinski definition) is 1. The molecule has 0 unspecified atom stereocenters. The number of thioether (sulfide) groups is 1. The zero-order valence-corrected chi connectivity index (χ0v) is 14.4. The predicted molar refractivity (Wildman–Crippen MR) is 93.1 cm³/mol. The summed E-state index contributed by atoms with van der Waals surface area (Å²) in [6.07, 6.45) is 0. The molecule has 8 heteroatoms. The van der Waals surface area contributed by atoms with Gasteiger partial charge in [-0.25, -0.2) is 9.18 Å². The van der Waals surface area contributed by atoms with E-state index in [2.05, 4.69) is 5.32 Å². The maximum absolute atomic E-state index is 13.6. The van der Waals surface area contributed by atoms with Crippen LogP contribution in [-0.4, -0.2) is 24.2 Å². The first-order valence-corrected chi connectivity index (χ1v) is 8.39. The summed E-state index contributed by atoms with van der Waals surface area (Å²) in [6, 6.07) is 12.7. The number of carbonyl (C=O) groups excluding carboxylic acids is 2. The molecule has 0 aliphatic carbocycles. The molecule has 1 N–H and O–H groups in total. The van der Waals surface area contributed by atoms with Crippen molar-refractivity contribution < 1.29 is 18.7 Å². The number of ether oxygens (including phenoxy) is 1. The normalized spacial score (nSPS) is 9.96. The number of nitrogens with one attached hydrogen (secondary N) is 1. The van der Waals surface area contributed by atoms with Crippen LogP contribution in [0.15, 0.2) is 47.4 Å². The Labute approximate surface area is 152 Å². The van der Waals surface area contributed by atoms with Gasteiger partial charge in [-0.3, -0.25) is 4.79 Å². The van der Waals surface area contributed by atoms with Crippen LogP contribution in [0.2, 0.25) is 5.02 Å². The van der Waals surface area contributed by atoms with Crippen LogP contribution in [0.25, 0.3) is 0 Å². The molecule has 5 nitrogen and oxygen atoms in total. The Hall–Kier alpha value is -2.56. The summed E-state index contributed by atoms with van der Waals surface area (Å²) in [4.78, 5) is 24.5. The highest BCUT2D eigenvalue weighted by Gasteiger charge is 2.18. The zero-order chi connectivity index (χ0) is 18.2. The lowest BCUT2D eigenvalue weighted by atomic mass is 10.2. The lowest BCUT2D eigenvalue weighted by Crippen LogP contribution is -2.21. The molecule has 0 fully saturated rings. The SMILES string of the molecule is N#CCSc1ccccc1NC(=O)COC(=O)c1c(F)cccc1Cl. The molecule has 2 aromatic rings. The molecule has 0 bridgehead atoms. The van der Waals surface area contributed by atoms with E-state index in [1.165, 1.54) is 23.9 Å². The van der Waals surface area contributed by atoms with Crippen molar-refractivity contribution in [1.82, 2.24) is 0 Å². The number of hydrogen-bond acceptors (Lipinski definition) is 5. The predicted octanol–water partition coefficient (Wildman–Crippen LogP) is 3.89. The van der Waals surface area contributed by atoms with Crippen LogP contribution in [0, 0.1) is 17.1 Å².